The Bertz CT molecular complexity index is 350. The van der Waals surface area contributed by atoms with Gasteiger partial charge in [0.05, 0.1) is 0 Å². The number of halogens is 1. The molecule has 1 aromatic carbocycles. The van der Waals surface area contributed by atoms with E-state index in [4.69, 9.17) is 25.4 Å². The van der Waals surface area contributed by atoms with Crippen LogP contribution in [0.3, 0.4) is 0 Å². The van der Waals surface area contributed by atoms with Crippen LogP contribution in [0.5, 0.6) is 5.75 Å². The van der Waals surface area contributed by atoms with Crippen LogP contribution in [0.4, 0.5) is 0 Å². The van der Waals surface area contributed by atoms with Gasteiger partial charge in [0.15, 0.2) is 0 Å². The molecule has 78 valence electrons. The SMILES string of the molecule is COP(=S)(OC)Oc1cccc(I)c1. The fourth-order valence-corrected chi connectivity index (χ4v) is 2.24. The van der Waals surface area contributed by atoms with Gasteiger partial charge in [-0.25, -0.2) is 0 Å². The second kappa shape index (κ2) is 5.42. The van der Waals surface area contributed by atoms with Crippen molar-refractivity contribution in [2.45, 2.75) is 0 Å². The first-order valence-corrected chi connectivity index (χ1v) is 7.40. The molecule has 0 aliphatic rings. The molecule has 6 heteroatoms. The molecule has 14 heavy (non-hydrogen) atoms. The molecule has 1 aromatic rings. The second-order valence-corrected chi connectivity index (χ2v) is 6.76. The molecule has 0 radical (unpaired) electrons. The van der Waals surface area contributed by atoms with E-state index in [2.05, 4.69) is 22.6 Å². The number of rotatable bonds is 4. The molecule has 0 saturated heterocycles. The molecule has 0 spiro atoms. The van der Waals surface area contributed by atoms with Crippen LogP contribution in [0, 0.1) is 3.57 Å². The van der Waals surface area contributed by atoms with Crippen LogP contribution < -0.4 is 4.52 Å². The van der Waals surface area contributed by atoms with Crippen molar-refractivity contribution >= 4 is 41.1 Å². The van der Waals surface area contributed by atoms with Crippen LogP contribution in [0.15, 0.2) is 24.3 Å². The minimum Gasteiger partial charge on any atom is -0.424 e. The molecular weight excluding hydrogens is 334 g/mol. The number of benzene rings is 1. The Morgan fingerprint density at radius 1 is 1.29 bits per heavy atom. The maximum atomic E-state index is 5.46. The van der Waals surface area contributed by atoms with Crippen LogP contribution in [0.1, 0.15) is 0 Å². The lowest BCUT2D eigenvalue weighted by molar-refractivity contribution is 0.273. The van der Waals surface area contributed by atoms with Crippen molar-refractivity contribution < 1.29 is 13.6 Å². The summed E-state index contributed by atoms with van der Waals surface area (Å²) in [5, 5.41) is 0. The summed E-state index contributed by atoms with van der Waals surface area (Å²) < 4.78 is 16.6. The van der Waals surface area contributed by atoms with Crippen LogP contribution >= 0.6 is 29.3 Å². The molecule has 0 fully saturated rings. The zero-order valence-electron chi connectivity index (χ0n) is 7.77. The van der Waals surface area contributed by atoms with Crippen molar-refractivity contribution in [1.29, 1.82) is 0 Å². The van der Waals surface area contributed by atoms with Gasteiger partial charge in [-0.2, -0.15) is 0 Å². The van der Waals surface area contributed by atoms with Crippen molar-refractivity contribution in [3.05, 3.63) is 27.8 Å². The van der Waals surface area contributed by atoms with Gasteiger partial charge in [-0.15, -0.1) is 0 Å². The maximum Gasteiger partial charge on any atom is 0.380 e. The average Bonchev–Trinajstić information content (AvgIpc) is 2.18. The quantitative estimate of drug-likeness (QED) is 0.620. The Balaban J connectivity index is 2.83. The average molecular weight is 344 g/mol. The Morgan fingerprint density at radius 2 is 1.93 bits per heavy atom. The van der Waals surface area contributed by atoms with E-state index < -0.39 is 6.72 Å². The van der Waals surface area contributed by atoms with Gasteiger partial charge in [0.25, 0.3) is 0 Å². The van der Waals surface area contributed by atoms with Crippen LogP contribution in [0.2, 0.25) is 0 Å². The summed E-state index contributed by atoms with van der Waals surface area (Å²) in [6.07, 6.45) is 0. The molecule has 3 nitrogen and oxygen atoms in total. The van der Waals surface area contributed by atoms with Crippen LogP contribution in [-0.4, -0.2) is 14.2 Å². The van der Waals surface area contributed by atoms with Crippen LogP contribution in [-0.2, 0) is 20.9 Å². The van der Waals surface area contributed by atoms with Crippen molar-refractivity contribution in [2.24, 2.45) is 0 Å². The van der Waals surface area contributed by atoms with E-state index in [0.29, 0.717) is 5.75 Å². The molecule has 0 aliphatic carbocycles. The summed E-state index contributed by atoms with van der Waals surface area (Å²) in [4.78, 5) is 0. The van der Waals surface area contributed by atoms with Gasteiger partial charge in [0.2, 0.25) is 0 Å². The zero-order valence-corrected chi connectivity index (χ0v) is 11.6. The van der Waals surface area contributed by atoms with Gasteiger partial charge < -0.3 is 13.6 Å². The van der Waals surface area contributed by atoms with Crippen molar-refractivity contribution in [3.8, 4) is 5.75 Å². The summed E-state index contributed by atoms with van der Waals surface area (Å²) in [5.41, 5.74) is 0. The van der Waals surface area contributed by atoms with E-state index in [1.807, 2.05) is 24.3 Å². The molecule has 0 aromatic heterocycles. The van der Waals surface area contributed by atoms with E-state index in [0.717, 1.165) is 3.57 Å². The molecule has 1 rings (SSSR count). The minimum atomic E-state index is -2.59. The van der Waals surface area contributed by atoms with E-state index in [-0.39, 0.29) is 0 Å². The lowest BCUT2D eigenvalue weighted by Crippen LogP contribution is -1.96. The fourth-order valence-electron chi connectivity index (χ4n) is 0.802. The molecule has 0 N–H and O–H groups in total. The van der Waals surface area contributed by atoms with Crippen LogP contribution in [0.25, 0.3) is 0 Å². The van der Waals surface area contributed by atoms with E-state index in [1.54, 1.807) is 0 Å². The highest BCUT2D eigenvalue weighted by Gasteiger charge is 2.18. The molecule has 0 saturated carbocycles. The number of hydrogen-bond donors (Lipinski definition) is 0. The molecular formula is C8H10IO3PS. The maximum absolute atomic E-state index is 5.46. The van der Waals surface area contributed by atoms with E-state index >= 15 is 0 Å². The molecule has 0 bridgehead atoms. The Hall–Kier alpha value is 0.320. The van der Waals surface area contributed by atoms with Crippen molar-refractivity contribution in [2.75, 3.05) is 14.2 Å². The number of hydrogen-bond acceptors (Lipinski definition) is 4. The summed E-state index contributed by atoms with van der Waals surface area (Å²) in [5.74, 6) is 0.670. The summed E-state index contributed by atoms with van der Waals surface area (Å²) in [7, 11) is 2.97. The van der Waals surface area contributed by atoms with E-state index in [1.165, 1.54) is 14.2 Å². The van der Waals surface area contributed by atoms with E-state index in [9.17, 15) is 0 Å². The molecule has 0 atom stereocenters. The molecule has 0 amide bonds. The Morgan fingerprint density at radius 3 is 2.43 bits per heavy atom. The summed E-state index contributed by atoms with van der Waals surface area (Å²) in [6, 6.07) is 7.56. The van der Waals surface area contributed by atoms with Gasteiger partial charge in [-0.1, -0.05) is 6.07 Å². The Labute approximate surface area is 102 Å². The highest BCUT2D eigenvalue weighted by molar-refractivity contribution is 14.1. The van der Waals surface area contributed by atoms with Gasteiger partial charge in [0.1, 0.15) is 5.75 Å². The standard InChI is InChI=1S/C8H10IO3PS/c1-10-13(14,11-2)12-8-5-3-4-7(9)6-8/h3-6H,1-2H3. The van der Waals surface area contributed by atoms with Gasteiger partial charge in [0, 0.05) is 29.6 Å². The third-order valence-corrected chi connectivity index (χ3v) is 4.58. The second-order valence-electron chi connectivity index (χ2n) is 2.36. The third kappa shape index (κ3) is 3.47. The summed E-state index contributed by atoms with van der Waals surface area (Å²) in [6.45, 7) is -2.59. The molecule has 0 aliphatic heterocycles. The predicted octanol–water partition coefficient (Wildman–Crippen LogP) is 3.19. The molecule has 0 unspecified atom stereocenters. The lowest BCUT2D eigenvalue weighted by Gasteiger charge is -2.18. The molecule has 0 heterocycles. The minimum absolute atomic E-state index is 0.670. The third-order valence-electron chi connectivity index (χ3n) is 1.46. The fraction of sp³-hybridized carbons (Fsp3) is 0.250. The highest BCUT2D eigenvalue weighted by atomic mass is 127. The topological polar surface area (TPSA) is 27.7 Å². The van der Waals surface area contributed by atoms with Gasteiger partial charge in [-0.05, 0) is 40.8 Å². The Kier molecular flexibility index (Phi) is 4.79. The first kappa shape index (κ1) is 12.4. The largest absolute Gasteiger partial charge is 0.424 e. The van der Waals surface area contributed by atoms with Gasteiger partial charge >= 0.3 is 6.72 Å². The normalized spacial score (nSPS) is 11.4. The predicted molar refractivity (Wildman–Crippen MR) is 68.1 cm³/mol. The zero-order chi connectivity index (χ0) is 10.6. The van der Waals surface area contributed by atoms with Crippen molar-refractivity contribution in [1.82, 2.24) is 0 Å². The monoisotopic (exact) mass is 344 g/mol. The van der Waals surface area contributed by atoms with Gasteiger partial charge in [-0.3, -0.25) is 0 Å². The first-order chi connectivity index (χ1) is 6.59. The summed E-state index contributed by atoms with van der Waals surface area (Å²) >= 11 is 7.27. The smallest absolute Gasteiger partial charge is 0.380 e. The first-order valence-electron chi connectivity index (χ1n) is 3.76. The lowest BCUT2D eigenvalue weighted by atomic mass is 10.3. The highest BCUT2D eigenvalue weighted by Crippen LogP contribution is 2.48. The van der Waals surface area contributed by atoms with Crippen molar-refractivity contribution in [3.63, 3.8) is 0 Å².